The van der Waals surface area contributed by atoms with E-state index in [-0.39, 0.29) is 16.7 Å². The summed E-state index contributed by atoms with van der Waals surface area (Å²) in [4.78, 5) is 27.1. The summed E-state index contributed by atoms with van der Waals surface area (Å²) in [5.74, 6) is -0.148. The van der Waals surface area contributed by atoms with Crippen LogP contribution in [-0.2, 0) is 14.8 Å². The second kappa shape index (κ2) is 6.45. The summed E-state index contributed by atoms with van der Waals surface area (Å²) >= 11 is 0. The first-order valence-corrected chi connectivity index (χ1v) is 8.42. The van der Waals surface area contributed by atoms with Gasteiger partial charge in [-0.3, -0.25) is 9.59 Å². The molecule has 0 unspecified atom stereocenters. The Labute approximate surface area is 129 Å². The number of rotatable bonds is 3. The minimum atomic E-state index is -3.50. The van der Waals surface area contributed by atoms with E-state index in [9.17, 15) is 18.0 Å². The maximum Gasteiger partial charge on any atom is 0.253 e. The molecule has 0 spiro atoms. The molecule has 1 fully saturated rings. The third-order valence-electron chi connectivity index (χ3n) is 3.69. The number of piperazine rings is 1. The first kappa shape index (κ1) is 16.4. The fraction of sp³-hybridized carbons (Fsp3) is 0.429. The average molecular weight is 325 g/mol. The van der Waals surface area contributed by atoms with Crippen molar-refractivity contribution in [2.24, 2.45) is 0 Å². The summed E-state index contributed by atoms with van der Waals surface area (Å²) in [6.45, 7) is 3.52. The maximum atomic E-state index is 12.4. The highest BCUT2D eigenvalue weighted by atomic mass is 32.2. The molecular weight excluding hydrogens is 306 g/mol. The van der Waals surface area contributed by atoms with E-state index in [4.69, 9.17) is 0 Å². The van der Waals surface area contributed by atoms with Crippen LogP contribution in [0.3, 0.4) is 0 Å². The fourth-order valence-corrected chi connectivity index (χ4v) is 3.03. The van der Waals surface area contributed by atoms with Crippen LogP contribution < -0.4 is 4.72 Å². The molecule has 1 heterocycles. The van der Waals surface area contributed by atoms with Crippen molar-refractivity contribution in [1.82, 2.24) is 14.5 Å². The van der Waals surface area contributed by atoms with Gasteiger partial charge in [-0.25, -0.2) is 13.1 Å². The minimum Gasteiger partial charge on any atom is -0.339 e. The van der Waals surface area contributed by atoms with E-state index < -0.39 is 10.0 Å². The quantitative estimate of drug-likeness (QED) is 0.841. The zero-order valence-electron chi connectivity index (χ0n) is 12.6. The molecule has 0 radical (unpaired) electrons. The minimum absolute atomic E-state index is 0.00808. The van der Waals surface area contributed by atoms with Crippen molar-refractivity contribution in [3.63, 3.8) is 0 Å². The lowest BCUT2D eigenvalue weighted by Gasteiger charge is -2.34. The van der Waals surface area contributed by atoms with E-state index in [0.29, 0.717) is 31.7 Å². The summed E-state index contributed by atoms with van der Waals surface area (Å²) in [7, 11) is -2.17. The highest BCUT2D eigenvalue weighted by Crippen LogP contribution is 2.13. The molecule has 0 bridgehead atoms. The Morgan fingerprint density at radius 1 is 1.00 bits per heavy atom. The Balaban J connectivity index is 2.07. The number of sulfonamides is 1. The molecule has 0 atom stereocenters. The van der Waals surface area contributed by atoms with Crippen LogP contribution >= 0.6 is 0 Å². The molecular formula is C14H19N3O4S. The monoisotopic (exact) mass is 325 g/mol. The molecule has 1 N–H and O–H groups in total. The Bertz CT molecular complexity index is 662. The third kappa shape index (κ3) is 3.45. The SMILES string of the molecule is CNS(=O)(=O)c1ccc(C(=O)N2CCN(C(C)=O)CC2)cc1. The first-order valence-electron chi connectivity index (χ1n) is 6.93. The summed E-state index contributed by atoms with van der Waals surface area (Å²) in [6, 6.07) is 5.82. The van der Waals surface area contributed by atoms with Gasteiger partial charge in [0.1, 0.15) is 0 Å². The molecule has 1 aromatic carbocycles. The van der Waals surface area contributed by atoms with Crippen LogP contribution in [0.25, 0.3) is 0 Å². The molecule has 8 heteroatoms. The van der Waals surface area contributed by atoms with Gasteiger partial charge < -0.3 is 9.80 Å². The molecule has 2 rings (SSSR count). The Kier molecular flexibility index (Phi) is 4.82. The van der Waals surface area contributed by atoms with Gasteiger partial charge in [0.2, 0.25) is 15.9 Å². The van der Waals surface area contributed by atoms with Crippen LogP contribution in [0.1, 0.15) is 17.3 Å². The number of nitrogens with zero attached hydrogens (tertiary/aromatic N) is 2. The van der Waals surface area contributed by atoms with Gasteiger partial charge in [-0.05, 0) is 31.3 Å². The van der Waals surface area contributed by atoms with Crippen molar-refractivity contribution in [1.29, 1.82) is 0 Å². The van der Waals surface area contributed by atoms with Crippen LogP contribution in [0.2, 0.25) is 0 Å². The predicted octanol–water partition coefficient (Wildman–Crippen LogP) is -0.101. The molecule has 2 amide bonds. The highest BCUT2D eigenvalue weighted by Gasteiger charge is 2.23. The van der Waals surface area contributed by atoms with Gasteiger partial charge in [0, 0.05) is 38.7 Å². The summed E-state index contributed by atoms with van der Waals surface area (Å²) in [6.07, 6.45) is 0. The number of benzene rings is 1. The largest absolute Gasteiger partial charge is 0.339 e. The van der Waals surface area contributed by atoms with Crippen molar-refractivity contribution in [3.8, 4) is 0 Å². The van der Waals surface area contributed by atoms with Crippen molar-refractivity contribution in [2.45, 2.75) is 11.8 Å². The van der Waals surface area contributed by atoms with E-state index in [0.717, 1.165) is 0 Å². The molecule has 22 heavy (non-hydrogen) atoms. The molecule has 120 valence electrons. The van der Waals surface area contributed by atoms with Gasteiger partial charge in [0.05, 0.1) is 4.90 Å². The summed E-state index contributed by atoms with van der Waals surface area (Å²) < 4.78 is 25.5. The standard InChI is InChI=1S/C14H19N3O4S/c1-11(18)16-7-9-17(10-8-16)14(19)12-3-5-13(6-4-12)22(20,21)15-2/h3-6,15H,7-10H2,1-2H3. The normalized spacial score (nSPS) is 15.7. The average Bonchev–Trinajstić information content (AvgIpc) is 2.54. The topological polar surface area (TPSA) is 86.8 Å². The van der Waals surface area contributed by atoms with E-state index >= 15 is 0 Å². The zero-order chi connectivity index (χ0) is 16.3. The van der Waals surface area contributed by atoms with Gasteiger partial charge in [-0.1, -0.05) is 0 Å². The second-order valence-corrected chi connectivity index (χ2v) is 6.92. The van der Waals surface area contributed by atoms with E-state index in [1.54, 1.807) is 9.80 Å². The van der Waals surface area contributed by atoms with Crippen molar-refractivity contribution >= 4 is 21.8 Å². The zero-order valence-corrected chi connectivity index (χ0v) is 13.4. The molecule has 1 aromatic rings. The Morgan fingerprint density at radius 2 is 1.50 bits per heavy atom. The third-order valence-corrected chi connectivity index (χ3v) is 5.12. The number of hydrogen-bond donors (Lipinski definition) is 1. The van der Waals surface area contributed by atoms with Crippen LogP contribution in [0.5, 0.6) is 0 Å². The van der Waals surface area contributed by atoms with E-state index in [1.165, 1.54) is 38.2 Å². The summed E-state index contributed by atoms with van der Waals surface area (Å²) in [5.41, 5.74) is 0.436. The summed E-state index contributed by atoms with van der Waals surface area (Å²) in [5, 5.41) is 0. The molecule has 0 aromatic heterocycles. The van der Waals surface area contributed by atoms with Crippen LogP contribution in [0.4, 0.5) is 0 Å². The molecule has 7 nitrogen and oxygen atoms in total. The second-order valence-electron chi connectivity index (χ2n) is 5.03. The van der Waals surface area contributed by atoms with Gasteiger partial charge in [0.15, 0.2) is 0 Å². The number of amides is 2. The predicted molar refractivity (Wildman–Crippen MR) is 80.8 cm³/mol. The molecule has 0 aliphatic carbocycles. The van der Waals surface area contributed by atoms with Crippen molar-refractivity contribution < 1.29 is 18.0 Å². The van der Waals surface area contributed by atoms with Crippen LogP contribution in [0.15, 0.2) is 29.2 Å². The van der Waals surface area contributed by atoms with Gasteiger partial charge in [-0.15, -0.1) is 0 Å². The number of hydrogen-bond acceptors (Lipinski definition) is 4. The smallest absolute Gasteiger partial charge is 0.253 e. The van der Waals surface area contributed by atoms with E-state index in [2.05, 4.69) is 4.72 Å². The Morgan fingerprint density at radius 3 is 1.95 bits per heavy atom. The van der Waals surface area contributed by atoms with E-state index in [1.807, 2.05) is 0 Å². The van der Waals surface area contributed by atoms with Crippen LogP contribution in [0, 0.1) is 0 Å². The first-order chi connectivity index (χ1) is 10.3. The Hall–Kier alpha value is -1.93. The van der Waals surface area contributed by atoms with Gasteiger partial charge >= 0.3 is 0 Å². The van der Waals surface area contributed by atoms with Crippen molar-refractivity contribution in [2.75, 3.05) is 33.2 Å². The lowest BCUT2D eigenvalue weighted by molar-refractivity contribution is -0.130. The number of carbonyl (C=O) groups is 2. The number of carbonyl (C=O) groups excluding carboxylic acids is 2. The van der Waals surface area contributed by atoms with Crippen LogP contribution in [-0.4, -0.2) is 63.3 Å². The lowest BCUT2D eigenvalue weighted by Crippen LogP contribution is -2.50. The molecule has 0 saturated carbocycles. The molecule has 1 aliphatic rings. The van der Waals surface area contributed by atoms with Gasteiger partial charge in [-0.2, -0.15) is 0 Å². The van der Waals surface area contributed by atoms with Crippen molar-refractivity contribution in [3.05, 3.63) is 29.8 Å². The van der Waals surface area contributed by atoms with Gasteiger partial charge in [0.25, 0.3) is 5.91 Å². The molecule has 1 saturated heterocycles. The highest BCUT2D eigenvalue weighted by molar-refractivity contribution is 7.89. The maximum absolute atomic E-state index is 12.4. The molecule has 1 aliphatic heterocycles. The number of nitrogens with one attached hydrogen (secondary N) is 1. The lowest BCUT2D eigenvalue weighted by atomic mass is 10.2. The fourth-order valence-electron chi connectivity index (χ4n) is 2.30.